The van der Waals surface area contributed by atoms with Crippen LogP contribution in [0.5, 0.6) is 0 Å². The molecule has 10 N–H and O–H groups in total. The van der Waals surface area contributed by atoms with Gasteiger partial charge in [0.25, 0.3) is 0 Å². The zero-order chi connectivity index (χ0) is 17.1. The zero-order valence-electron chi connectivity index (χ0n) is 19.5. The van der Waals surface area contributed by atoms with Gasteiger partial charge in [-0.05, 0) is 0 Å². The number of carboxylic acid groups (broad SMARTS) is 2. The fraction of sp³-hybridized carbons (Fsp3) is 0. The molecule has 144 valence electrons. The second kappa shape index (κ2) is 27.1. The summed E-state index contributed by atoms with van der Waals surface area (Å²) < 4.78 is 94.8. The van der Waals surface area contributed by atoms with Crippen molar-refractivity contribution in [2.24, 2.45) is 0 Å². The van der Waals surface area contributed by atoms with Gasteiger partial charge in [-0.25, -0.2) is 4.79 Å². The number of hydrogen-bond acceptors (Lipinski definition) is 7. The van der Waals surface area contributed by atoms with Crippen LogP contribution in [0.25, 0.3) is 0 Å². The van der Waals surface area contributed by atoms with E-state index in [-0.39, 0.29) is 109 Å². The van der Waals surface area contributed by atoms with Crippen molar-refractivity contribution < 1.29 is 84.5 Å². The third kappa shape index (κ3) is 3460. The minimum atomic E-state index is -4.67. The largest absolute Gasteiger partial charge is 2.00 e. The molecule has 16 nitrogen and oxygen atoms in total. The molecule has 24 heavy (non-hydrogen) atoms. The topological polar surface area (TPSA) is 313 Å². The van der Waals surface area contributed by atoms with Gasteiger partial charge in [0.1, 0.15) is 0 Å². The Kier molecular flexibility index (Phi) is 63.6. The van der Waals surface area contributed by atoms with Gasteiger partial charge < -0.3 is 27.1 Å². The number of carbonyl (C=O) groups is 1. The summed E-state index contributed by atoms with van der Waals surface area (Å²) in [6, 6.07) is 0. The molecule has 0 aliphatic heterocycles. The molecular weight excluding hydrogens is 461 g/mol. The molecule has 0 rings (SSSR count). The van der Waals surface area contributed by atoms with E-state index in [4.69, 9.17) is 67.6 Å². The summed E-state index contributed by atoms with van der Waals surface area (Å²) in [6.07, 6.45) is -1.83. The van der Waals surface area contributed by atoms with Crippen molar-refractivity contribution in [1.82, 2.24) is 0 Å². The molecule has 0 aromatic carbocycles. The van der Waals surface area contributed by atoms with E-state index in [1.807, 2.05) is 0 Å². The minimum Gasteiger partial charge on any atom is -1.00 e. The maximum atomic E-state index is 8.74. The molecule has 0 spiro atoms. The second-order valence-electron chi connectivity index (χ2n) is 1.63. The molecule has 0 atom stereocenters. The van der Waals surface area contributed by atoms with Gasteiger partial charge in [0.05, 0.1) is 0 Å². The predicted molar refractivity (Wildman–Crippen MR) is 88.7 cm³/mol. The summed E-state index contributed by atoms with van der Waals surface area (Å²) in [7, 11) is -14.0. The van der Waals surface area contributed by atoms with Crippen LogP contribution >= 0.6 is 0 Å². The average molecular weight is 480 g/mol. The summed E-state index contributed by atoms with van der Waals surface area (Å²) in [5.74, 6) is 0. The molecule has 0 unspecified atom stereocenters. The molecule has 0 saturated carbocycles. The fourth-order valence-corrected chi connectivity index (χ4v) is 0. The minimum absolute atomic E-state index is 0. The Hall–Kier alpha value is 1.90. The summed E-state index contributed by atoms with van der Waals surface area (Å²) in [5.41, 5.74) is 0. The maximum Gasteiger partial charge on any atom is 2.00 e. The Labute approximate surface area is 212 Å². The standard InChI is InChI=1S/CH2O3.4Mg.3H2O4S.H2O.8H/c2-1(3)4;;;;;3*1-5(2,3)4;;;;;;;;;/h(H2,2,3,4);;;;;3*(H2,1,2,3,4);1H2;;;;;;;;/q;4*+2;;;;;8*-1. The molecule has 0 heterocycles. The van der Waals surface area contributed by atoms with E-state index < -0.39 is 37.4 Å². The Bertz CT molecular complexity index is 457. The van der Waals surface area contributed by atoms with Crippen molar-refractivity contribution in [3.63, 3.8) is 0 Å². The van der Waals surface area contributed by atoms with Crippen LogP contribution in [0.3, 0.4) is 0 Å². The van der Waals surface area contributed by atoms with Crippen LogP contribution in [0.4, 0.5) is 4.79 Å². The first kappa shape index (κ1) is 56.2. The van der Waals surface area contributed by atoms with Crippen LogP contribution in [0, 0.1) is 0 Å². The summed E-state index contributed by atoms with van der Waals surface area (Å²) in [4.78, 5) is 8.56. The van der Waals surface area contributed by atoms with Crippen LogP contribution in [-0.2, 0) is 31.2 Å². The maximum absolute atomic E-state index is 8.74. The fourth-order valence-electron chi connectivity index (χ4n) is 0. The molecule has 0 aliphatic rings. The molecule has 23 heteroatoms. The van der Waals surface area contributed by atoms with E-state index in [1.165, 1.54) is 0 Å². The molecule has 0 bridgehead atoms. The Morgan fingerprint density at radius 1 is 0.542 bits per heavy atom. The third-order valence-electron chi connectivity index (χ3n) is 0. The number of rotatable bonds is 0. The second-order valence-corrected chi connectivity index (χ2v) is 4.31. The van der Waals surface area contributed by atoms with Crippen molar-refractivity contribution in [3.8, 4) is 0 Å². The molecule has 0 radical (unpaired) electrons. The van der Waals surface area contributed by atoms with Gasteiger partial charge in [-0.1, -0.05) is 0 Å². The first-order chi connectivity index (χ1) is 7.73. The Morgan fingerprint density at radius 2 is 0.542 bits per heavy atom. The first-order valence-electron chi connectivity index (χ1n) is 2.75. The molecular formula is CH18Mg4O16S3. The van der Waals surface area contributed by atoms with Crippen molar-refractivity contribution in [2.45, 2.75) is 0 Å². The van der Waals surface area contributed by atoms with E-state index in [0.717, 1.165) is 0 Å². The molecule has 0 fully saturated rings. The third-order valence-corrected chi connectivity index (χ3v) is 0. The van der Waals surface area contributed by atoms with Gasteiger partial charge in [-0.2, -0.15) is 25.3 Å². The average Bonchev–Trinajstić information content (AvgIpc) is 1.66. The summed E-state index contributed by atoms with van der Waals surface area (Å²) in [6.45, 7) is 0. The normalized spacial score (nSPS) is 8.25. The summed E-state index contributed by atoms with van der Waals surface area (Å²) in [5, 5.41) is 13.9. The molecule has 0 aromatic heterocycles. The van der Waals surface area contributed by atoms with Gasteiger partial charge in [0.2, 0.25) is 0 Å². The molecule has 0 saturated heterocycles. The van der Waals surface area contributed by atoms with Gasteiger partial charge in [0, 0.05) is 0 Å². The van der Waals surface area contributed by atoms with Crippen molar-refractivity contribution in [3.05, 3.63) is 0 Å². The Morgan fingerprint density at radius 3 is 0.542 bits per heavy atom. The molecule has 0 amide bonds. The van der Waals surface area contributed by atoms with E-state index in [9.17, 15) is 0 Å². The summed E-state index contributed by atoms with van der Waals surface area (Å²) >= 11 is 0. The molecule has 0 aromatic rings. The van der Waals surface area contributed by atoms with Crippen molar-refractivity contribution >= 4 is 130 Å². The van der Waals surface area contributed by atoms with Gasteiger partial charge in [0.15, 0.2) is 0 Å². The zero-order valence-corrected chi connectivity index (χ0v) is 19.6. The quantitative estimate of drug-likeness (QED) is 0.125. The monoisotopic (exact) mass is 478 g/mol. The van der Waals surface area contributed by atoms with E-state index >= 15 is 0 Å². The van der Waals surface area contributed by atoms with E-state index in [2.05, 4.69) is 0 Å². The van der Waals surface area contributed by atoms with Crippen LogP contribution in [0.15, 0.2) is 0 Å². The first-order valence-corrected chi connectivity index (χ1v) is 6.94. The van der Waals surface area contributed by atoms with Crippen molar-refractivity contribution in [1.29, 1.82) is 0 Å². The number of hydrogen-bond donors (Lipinski definition) is 8. The van der Waals surface area contributed by atoms with Gasteiger partial charge >= 0.3 is 130 Å². The van der Waals surface area contributed by atoms with Crippen LogP contribution in [-0.4, -0.2) is 167 Å². The predicted octanol–water partition coefficient (Wildman–Crippen LogP) is -3.18. The van der Waals surface area contributed by atoms with Crippen LogP contribution in [0.1, 0.15) is 11.4 Å². The van der Waals surface area contributed by atoms with Crippen molar-refractivity contribution in [2.75, 3.05) is 0 Å². The SMILES string of the molecule is O.O=C(O)O.O=S(=O)(O)O.O=S(=O)(O)O.O=S(=O)(O)O.[H-].[H-].[H-].[H-].[H-].[H-].[H-].[H-].[Mg+2].[Mg+2].[Mg+2].[Mg+2]. The van der Waals surface area contributed by atoms with Crippen LogP contribution < -0.4 is 0 Å². The smallest absolute Gasteiger partial charge is 1.00 e. The van der Waals surface area contributed by atoms with Gasteiger partial charge in [-0.3, -0.25) is 27.3 Å². The van der Waals surface area contributed by atoms with E-state index in [1.54, 1.807) is 0 Å². The van der Waals surface area contributed by atoms with E-state index in [0.29, 0.717) is 0 Å². The molecule has 0 aliphatic carbocycles. The Balaban J connectivity index is -0.00000000552. The van der Waals surface area contributed by atoms with Crippen LogP contribution in [0.2, 0.25) is 0 Å². The van der Waals surface area contributed by atoms with Gasteiger partial charge in [-0.15, -0.1) is 0 Å².